The lowest BCUT2D eigenvalue weighted by atomic mass is 10.1. The molecule has 2 rings (SSSR count). The second kappa shape index (κ2) is 7.23. The van der Waals surface area contributed by atoms with Gasteiger partial charge in [-0.15, -0.1) is 0 Å². The van der Waals surface area contributed by atoms with Gasteiger partial charge in [0, 0.05) is 6.54 Å². The summed E-state index contributed by atoms with van der Waals surface area (Å²) in [5.41, 5.74) is 1.09. The van der Waals surface area contributed by atoms with Gasteiger partial charge in [-0.1, -0.05) is 12.1 Å². The molecule has 0 atom stereocenters. The maximum absolute atomic E-state index is 10.7. The molecule has 6 nitrogen and oxygen atoms in total. The first-order valence-electron chi connectivity index (χ1n) is 6.70. The van der Waals surface area contributed by atoms with Gasteiger partial charge in [0.15, 0.2) is 5.69 Å². The van der Waals surface area contributed by atoms with E-state index in [2.05, 4.69) is 15.3 Å². The largest absolute Gasteiger partial charge is 0.494 e. The van der Waals surface area contributed by atoms with Crippen LogP contribution in [0.1, 0.15) is 23.0 Å². The van der Waals surface area contributed by atoms with E-state index in [0.717, 1.165) is 17.7 Å². The van der Waals surface area contributed by atoms with E-state index in [4.69, 9.17) is 9.84 Å². The van der Waals surface area contributed by atoms with E-state index in [-0.39, 0.29) is 5.69 Å². The zero-order valence-corrected chi connectivity index (χ0v) is 11.7. The zero-order chi connectivity index (χ0) is 15.1. The van der Waals surface area contributed by atoms with Gasteiger partial charge < -0.3 is 15.2 Å². The molecular weight excluding hydrogens is 270 g/mol. The number of nitrogens with one attached hydrogen (secondary N) is 1. The molecule has 1 aromatic carbocycles. The number of anilines is 1. The molecule has 0 amide bonds. The van der Waals surface area contributed by atoms with Gasteiger partial charge >= 0.3 is 5.97 Å². The van der Waals surface area contributed by atoms with Crippen molar-refractivity contribution in [1.29, 1.82) is 0 Å². The van der Waals surface area contributed by atoms with Crippen LogP contribution in [0.5, 0.6) is 5.75 Å². The Morgan fingerprint density at radius 2 is 2.19 bits per heavy atom. The molecule has 110 valence electrons. The SMILES string of the molecule is CCOc1cccc(CCNc2cnc(C(=O)O)cn2)c1. The molecule has 0 radical (unpaired) electrons. The first-order chi connectivity index (χ1) is 10.2. The smallest absolute Gasteiger partial charge is 0.356 e. The van der Waals surface area contributed by atoms with Gasteiger partial charge in [-0.2, -0.15) is 0 Å². The van der Waals surface area contributed by atoms with Crippen molar-refractivity contribution in [3.05, 3.63) is 47.9 Å². The Balaban J connectivity index is 1.86. The minimum Gasteiger partial charge on any atom is -0.494 e. The molecule has 0 unspecified atom stereocenters. The number of carboxylic acids is 1. The van der Waals surface area contributed by atoms with E-state index in [1.807, 2.05) is 31.2 Å². The van der Waals surface area contributed by atoms with Crippen molar-refractivity contribution in [2.45, 2.75) is 13.3 Å². The summed E-state index contributed by atoms with van der Waals surface area (Å²) in [6, 6.07) is 7.92. The van der Waals surface area contributed by atoms with Crippen LogP contribution in [0.3, 0.4) is 0 Å². The normalized spacial score (nSPS) is 10.1. The van der Waals surface area contributed by atoms with E-state index >= 15 is 0 Å². The summed E-state index contributed by atoms with van der Waals surface area (Å²) in [5, 5.41) is 11.8. The molecular formula is C15H17N3O3. The quantitative estimate of drug-likeness (QED) is 0.812. The molecule has 6 heteroatoms. The van der Waals surface area contributed by atoms with Crippen LogP contribution in [0.4, 0.5) is 5.82 Å². The third-order valence-electron chi connectivity index (χ3n) is 2.80. The maximum Gasteiger partial charge on any atom is 0.356 e. The maximum atomic E-state index is 10.7. The zero-order valence-electron chi connectivity index (χ0n) is 11.7. The molecule has 0 saturated carbocycles. The average molecular weight is 287 g/mol. The average Bonchev–Trinajstić information content (AvgIpc) is 2.48. The summed E-state index contributed by atoms with van der Waals surface area (Å²) < 4.78 is 5.45. The molecule has 0 aliphatic carbocycles. The molecule has 2 aromatic rings. The van der Waals surface area contributed by atoms with E-state index < -0.39 is 5.97 Å². The Kier molecular flexibility index (Phi) is 5.09. The Hall–Kier alpha value is -2.63. The summed E-state index contributed by atoms with van der Waals surface area (Å²) in [5.74, 6) is 0.336. The summed E-state index contributed by atoms with van der Waals surface area (Å²) in [7, 11) is 0. The Labute approximate surface area is 122 Å². The van der Waals surface area contributed by atoms with Crippen LogP contribution in [-0.2, 0) is 6.42 Å². The molecule has 21 heavy (non-hydrogen) atoms. The van der Waals surface area contributed by atoms with Gasteiger partial charge in [-0.3, -0.25) is 0 Å². The molecule has 0 bridgehead atoms. The Morgan fingerprint density at radius 1 is 1.33 bits per heavy atom. The van der Waals surface area contributed by atoms with E-state index in [1.165, 1.54) is 12.4 Å². The van der Waals surface area contributed by atoms with Crippen molar-refractivity contribution in [3.8, 4) is 5.75 Å². The van der Waals surface area contributed by atoms with Gasteiger partial charge in [0.2, 0.25) is 0 Å². The number of carboxylic acid groups (broad SMARTS) is 1. The Bertz CT molecular complexity index is 599. The predicted molar refractivity (Wildman–Crippen MR) is 78.8 cm³/mol. The summed E-state index contributed by atoms with van der Waals surface area (Å²) in [4.78, 5) is 18.5. The number of ether oxygens (including phenoxy) is 1. The van der Waals surface area contributed by atoms with Crippen molar-refractivity contribution in [2.24, 2.45) is 0 Å². The predicted octanol–water partition coefficient (Wildman–Crippen LogP) is 2.23. The van der Waals surface area contributed by atoms with Gasteiger partial charge in [0.25, 0.3) is 0 Å². The monoisotopic (exact) mass is 287 g/mol. The van der Waals surface area contributed by atoms with Crippen LogP contribution in [-0.4, -0.2) is 34.2 Å². The number of aromatic carboxylic acids is 1. The second-order valence-corrected chi connectivity index (χ2v) is 4.35. The van der Waals surface area contributed by atoms with Gasteiger partial charge in [0.05, 0.1) is 19.0 Å². The molecule has 1 aromatic heterocycles. The van der Waals surface area contributed by atoms with Crippen LogP contribution in [0.15, 0.2) is 36.7 Å². The summed E-state index contributed by atoms with van der Waals surface area (Å²) >= 11 is 0. The summed E-state index contributed by atoms with van der Waals surface area (Å²) in [6.45, 7) is 3.28. The standard InChI is InChI=1S/C15H17N3O3/c1-2-21-12-5-3-4-11(8-12)6-7-16-14-10-17-13(9-18-14)15(19)20/h3-5,8-10H,2,6-7H2,1H3,(H,16,18)(H,19,20). The van der Waals surface area contributed by atoms with Gasteiger partial charge in [-0.25, -0.2) is 14.8 Å². The molecule has 2 N–H and O–H groups in total. The fraction of sp³-hybridized carbons (Fsp3) is 0.267. The molecule has 0 fully saturated rings. The lowest BCUT2D eigenvalue weighted by molar-refractivity contribution is 0.0690. The Morgan fingerprint density at radius 3 is 2.86 bits per heavy atom. The molecule has 0 aliphatic heterocycles. The lowest BCUT2D eigenvalue weighted by Gasteiger charge is -2.07. The first-order valence-corrected chi connectivity index (χ1v) is 6.70. The number of nitrogens with zero attached hydrogens (tertiary/aromatic N) is 2. The number of aromatic nitrogens is 2. The molecule has 0 spiro atoms. The molecule has 0 saturated heterocycles. The van der Waals surface area contributed by atoms with E-state index in [9.17, 15) is 4.79 Å². The van der Waals surface area contributed by atoms with Crippen LogP contribution in [0.25, 0.3) is 0 Å². The summed E-state index contributed by atoms with van der Waals surface area (Å²) in [6.07, 6.45) is 3.46. The number of hydrogen-bond donors (Lipinski definition) is 2. The number of rotatable bonds is 7. The van der Waals surface area contributed by atoms with Crippen molar-refractivity contribution >= 4 is 11.8 Å². The van der Waals surface area contributed by atoms with Crippen LogP contribution in [0.2, 0.25) is 0 Å². The number of hydrogen-bond acceptors (Lipinski definition) is 5. The van der Waals surface area contributed by atoms with Crippen molar-refractivity contribution < 1.29 is 14.6 Å². The molecule has 0 aliphatic rings. The van der Waals surface area contributed by atoms with Gasteiger partial charge in [0.1, 0.15) is 11.6 Å². The minimum atomic E-state index is -1.08. The lowest BCUT2D eigenvalue weighted by Crippen LogP contribution is -2.08. The van der Waals surface area contributed by atoms with E-state index in [0.29, 0.717) is 19.0 Å². The van der Waals surface area contributed by atoms with Crippen molar-refractivity contribution in [2.75, 3.05) is 18.5 Å². The van der Waals surface area contributed by atoms with Crippen molar-refractivity contribution in [3.63, 3.8) is 0 Å². The topological polar surface area (TPSA) is 84.3 Å². The first kappa shape index (κ1) is 14.8. The highest BCUT2D eigenvalue weighted by Crippen LogP contribution is 2.13. The van der Waals surface area contributed by atoms with Crippen LogP contribution < -0.4 is 10.1 Å². The van der Waals surface area contributed by atoms with E-state index in [1.54, 1.807) is 0 Å². The molecule has 1 heterocycles. The number of benzene rings is 1. The third-order valence-corrected chi connectivity index (χ3v) is 2.80. The minimum absolute atomic E-state index is 0.0648. The number of carbonyl (C=O) groups is 1. The van der Waals surface area contributed by atoms with Crippen LogP contribution in [0, 0.1) is 0 Å². The van der Waals surface area contributed by atoms with Gasteiger partial charge in [-0.05, 0) is 31.0 Å². The highest BCUT2D eigenvalue weighted by molar-refractivity contribution is 5.84. The highest BCUT2D eigenvalue weighted by Gasteiger charge is 2.04. The third kappa shape index (κ3) is 4.45. The highest BCUT2D eigenvalue weighted by atomic mass is 16.5. The fourth-order valence-corrected chi connectivity index (χ4v) is 1.82. The van der Waals surface area contributed by atoms with Crippen LogP contribution >= 0.6 is 0 Å². The second-order valence-electron chi connectivity index (χ2n) is 4.35. The fourth-order valence-electron chi connectivity index (χ4n) is 1.82. The van der Waals surface area contributed by atoms with Crippen molar-refractivity contribution in [1.82, 2.24) is 9.97 Å².